The normalized spacial score (nSPS) is 11.9. The highest BCUT2D eigenvalue weighted by Gasteiger charge is 2.17. The Morgan fingerprint density at radius 2 is 2.04 bits per heavy atom. The molecule has 0 aliphatic rings. The molecule has 0 radical (unpaired) electrons. The number of anilines is 1. The summed E-state index contributed by atoms with van der Waals surface area (Å²) in [5.74, 6) is 1.53. The van der Waals surface area contributed by atoms with Crippen molar-refractivity contribution < 1.29 is 14.1 Å². The van der Waals surface area contributed by atoms with Crippen LogP contribution in [0.25, 0.3) is 11.5 Å². The fourth-order valence-corrected chi connectivity index (χ4v) is 2.59. The van der Waals surface area contributed by atoms with Crippen molar-refractivity contribution in [3.63, 3.8) is 0 Å². The van der Waals surface area contributed by atoms with Gasteiger partial charge in [-0.25, -0.2) is 0 Å². The summed E-state index contributed by atoms with van der Waals surface area (Å²) in [6, 6.07) is 13.3. The predicted molar refractivity (Wildman–Crippen MR) is 104 cm³/mol. The van der Waals surface area contributed by atoms with E-state index < -0.39 is 6.10 Å². The Labute approximate surface area is 158 Å². The first-order valence-electron chi connectivity index (χ1n) is 8.94. The fourth-order valence-electron chi connectivity index (χ4n) is 2.59. The molecule has 3 aromatic rings. The highest BCUT2D eigenvalue weighted by Crippen LogP contribution is 2.25. The van der Waals surface area contributed by atoms with E-state index in [2.05, 4.69) is 15.5 Å². The molecule has 3 rings (SSSR count). The molecular weight excluding hydrogens is 342 g/mol. The van der Waals surface area contributed by atoms with Gasteiger partial charge in [0.1, 0.15) is 5.75 Å². The Morgan fingerprint density at radius 3 is 2.74 bits per heavy atom. The molecular formula is C21H23N3O3. The lowest BCUT2D eigenvalue weighted by Crippen LogP contribution is -2.30. The van der Waals surface area contributed by atoms with Crippen LogP contribution in [0.2, 0.25) is 0 Å². The molecule has 0 aliphatic heterocycles. The molecule has 0 fully saturated rings. The van der Waals surface area contributed by atoms with Gasteiger partial charge in [0.05, 0.1) is 0 Å². The molecule has 2 aromatic carbocycles. The largest absolute Gasteiger partial charge is 0.481 e. The van der Waals surface area contributed by atoms with Crippen molar-refractivity contribution in [3.05, 3.63) is 59.4 Å². The van der Waals surface area contributed by atoms with Gasteiger partial charge >= 0.3 is 0 Å². The Kier molecular flexibility index (Phi) is 5.54. The van der Waals surface area contributed by atoms with Gasteiger partial charge in [-0.3, -0.25) is 4.79 Å². The predicted octanol–water partition coefficient (Wildman–Crippen LogP) is 4.32. The molecule has 27 heavy (non-hydrogen) atoms. The van der Waals surface area contributed by atoms with Crippen molar-refractivity contribution in [1.82, 2.24) is 10.1 Å². The third kappa shape index (κ3) is 4.53. The first-order valence-corrected chi connectivity index (χ1v) is 8.94. The summed E-state index contributed by atoms with van der Waals surface area (Å²) in [6.45, 7) is 7.60. The molecule has 1 N–H and O–H groups in total. The van der Waals surface area contributed by atoms with Gasteiger partial charge in [0, 0.05) is 17.7 Å². The zero-order valence-electron chi connectivity index (χ0n) is 15.9. The fraction of sp³-hybridized carbons (Fsp3) is 0.286. The quantitative estimate of drug-likeness (QED) is 0.704. The summed E-state index contributed by atoms with van der Waals surface area (Å²) >= 11 is 0. The number of amides is 1. The Bertz CT molecular complexity index is 949. The van der Waals surface area contributed by atoms with E-state index in [0.717, 1.165) is 16.7 Å². The molecule has 1 amide bonds. The van der Waals surface area contributed by atoms with E-state index in [1.165, 1.54) is 0 Å². The second-order valence-corrected chi connectivity index (χ2v) is 6.46. The van der Waals surface area contributed by atoms with Gasteiger partial charge in [-0.15, -0.1) is 0 Å². The van der Waals surface area contributed by atoms with Gasteiger partial charge in [0.2, 0.25) is 0 Å². The van der Waals surface area contributed by atoms with Crippen LogP contribution in [0.3, 0.4) is 0 Å². The zero-order valence-corrected chi connectivity index (χ0v) is 15.9. The number of rotatable bonds is 6. The molecule has 140 valence electrons. The number of aromatic nitrogens is 2. The van der Waals surface area contributed by atoms with Crippen LogP contribution in [0, 0.1) is 13.8 Å². The maximum atomic E-state index is 12.6. The molecule has 1 aromatic heterocycles. The van der Waals surface area contributed by atoms with Crippen LogP contribution in [-0.4, -0.2) is 22.2 Å². The summed E-state index contributed by atoms with van der Waals surface area (Å²) in [4.78, 5) is 16.9. The summed E-state index contributed by atoms with van der Waals surface area (Å²) in [5, 5.41) is 6.83. The van der Waals surface area contributed by atoms with Crippen LogP contribution < -0.4 is 10.1 Å². The lowest BCUT2D eigenvalue weighted by atomic mass is 10.1. The van der Waals surface area contributed by atoms with Crippen molar-refractivity contribution in [3.8, 4) is 17.2 Å². The van der Waals surface area contributed by atoms with Crippen molar-refractivity contribution in [2.45, 2.75) is 40.2 Å². The average molecular weight is 365 g/mol. The third-order valence-electron chi connectivity index (χ3n) is 4.20. The van der Waals surface area contributed by atoms with Gasteiger partial charge in [-0.2, -0.15) is 4.98 Å². The van der Waals surface area contributed by atoms with E-state index in [9.17, 15) is 4.79 Å². The monoisotopic (exact) mass is 365 g/mol. The zero-order chi connectivity index (χ0) is 19.4. The lowest BCUT2D eigenvalue weighted by Gasteiger charge is -2.16. The summed E-state index contributed by atoms with van der Waals surface area (Å²) in [5.41, 5.74) is 3.46. The number of ether oxygens (including phenoxy) is 1. The van der Waals surface area contributed by atoms with Crippen molar-refractivity contribution in [1.29, 1.82) is 0 Å². The number of benzene rings is 2. The molecule has 0 aliphatic carbocycles. The standard InChI is InChI=1S/C21H23N3O3/c1-5-19-23-21(27-24-19)16-10-9-14(3)18(12-16)22-20(25)15(4)26-17-8-6-7-13(2)11-17/h6-12,15H,5H2,1-4H3,(H,22,25)/t15-/m1/s1. The molecule has 0 bridgehead atoms. The van der Waals surface area contributed by atoms with Crippen LogP contribution in [0.1, 0.15) is 30.8 Å². The summed E-state index contributed by atoms with van der Waals surface area (Å²) in [6.07, 6.45) is 0.0669. The van der Waals surface area contributed by atoms with Crippen molar-refractivity contribution in [2.24, 2.45) is 0 Å². The lowest BCUT2D eigenvalue weighted by molar-refractivity contribution is -0.122. The van der Waals surface area contributed by atoms with Gasteiger partial charge in [-0.1, -0.05) is 30.3 Å². The minimum Gasteiger partial charge on any atom is -0.481 e. The number of hydrogen-bond acceptors (Lipinski definition) is 5. The summed E-state index contributed by atoms with van der Waals surface area (Å²) in [7, 11) is 0. The van der Waals surface area contributed by atoms with Crippen LogP contribution in [0.15, 0.2) is 47.0 Å². The SMILES string of the molecule is CCc1noc(-c2ccc(C)c(NC(=O)[C@@H](C)Oc3cccc(C)c3)c2)n1. The average Bonchev–Trinajstić information content (AvgIpc) is 3.12. The summed E-state index contributed by atoms with van der Waals surface area (Å²) < 4.78 is 11.0. The smallest absolute Gasteiger partial charge is 0.265 e. The maximum absolute atomic E-state index is 12.6. The van der Waals surface area contributed by atoms with E-state index in [4.69, 9.17) is 9.26 Å². The first kappa shape index (κ1) is 18.6. The number of nitrogens with zero attached hydrogens (tertiary/aromatic N) is 2. The minimum absolute atomic E-state index is 0.225. The Balaban J connectivity index is 1.74. The van der Waals surface area contributed by atoms with Crippen molar-refractivity contribution in [2.75, 3.05) is 5.32 Å². The Morgan fingerprint density at radius 1 is 1.22 bits per heavy atom. The number of carbonyl (C=O) groups excluding carboxylic acids is 1. The molecule has 6 heteroatoms. The Hall–Kier alpha value is -3.15. The molecule has 0 saturated carbocycles. The molecule has 0 spiro atoms. The number of carbonyl (C=O) groups is 1. The second-order valence-electron chi connectivity index (χ2n) is 6.46. The highest BCUT2D eigenvalue weighted by atomic mass is 16.5. The number of nitrogens with one attached hydrogen (secondary N) is 1. The number of hydrogen-bond donors (Lipinski definition) is 1. The molecule has 1 atom stereocenters. The maximum Gasteiger partial charge on any atom is 0.265 e. The van der Waals surface area contributed by atoms with Crippen LogP contribution in [0.4, 0.5) is 5.69 Å². The van der Waals surface area contributed by atoms with E-state index in [-0.39, 0.29) is 5.91 Å². The molecule has 6 nitrogen and oxygen atoms in total. The number of aryl methyl sites for hydroxylation is 3. The van der Waals surface area contributed by atoms with Crippen molar-refractivity contribution >= 4 is 11.6 Å². The van der Waals surface area contributed by atoms with E-state index in [1.54, 1.807) is 6.92 Å². The van der Waals surface area contributed by atoms with E-state index >= 15 is 0 Å². The highest BCUT2D eigenvalue weighted by molar-refractivity contribution is 5.95. The first-order chi connectivity index (χ1) is 13.0. The molecule has 1 heterocycles. The topological polar surface area (TPSA) is 77.2 Å². The van der Waals surface area contributed by atoms with Gasteiger partial charge in [0.15, 0.2) is 11.9 Å². The van der Waals surface area contributed by atoms with Gasteiger partial charge in [-0.05, 0) is 56.2 Å². The van der Waals surface area contributed by atoms with E-state index in [1.807, 2.05) is 63.2 Å². The van der Waals surface area contributed by atoms with E-state index in [0.29, 0.717) is 29.6 Å². The molecule has 0 unspecified atom stereocenters. The molecule has 0 saturated heterocycles. The van der Waals surface area contributed by atoms with Gasteiger partial charge in [0.25, 0.3) is 11.8 Å². The van der Waals surface area contributed by atoms with Gasteiger partial charge < -0.3 is 14.6 Å². The van der Waals surface area contributed by atoms with Crippen LogP contribution in [-0.2, 0) is 11.2 Å². The van der Waals surface area contributed by atoms with Crippen LogP contribution in [0.5, 0.6) is 5.75 Å². The second kappa shape index (κ2) is 8.03. The van der Waals surface area contributed by atoms with Crippen LogP contribution >= 0.6 is 0 Å². The third-order valence-corrected chi connectivity index (χ3v) is 4.20. The minimum atomic E-state index is -0.634.